The Hall–Kier alpha value is -1.68. The van der Waals surface area contributed by atoms with Gasteiger partial charge < -0.3 is 10.3 Å². The Morgan fingerprint density at radius 2 is 2.05 bits per heavy atom. The summed E-state index contributed by atoms with van der Waals surface area (Å²) < 4.78 is 5.35. The van der Waals surface area contributed by atoms with Crippen LogP contribution >= 0.6 is 0 Å². The molecule has 1 aromatic carbocycles. The third-order valence-corrected chi connectivity index (χ3v) is 3.68. The van der Waals surface area contributed by atoms with Gasteiger partial charge in [0, 0.05) is 12.3 Å². The van der Waals surface area contributed by atoms with Gasteiger partial charge in [-0.1, -0.05) is 30.3 Å². The molecule has 0 aliphatic carbocycles. The molecule has 0 spiro atoms. The van der Waals surface area contributed by atoms with Crippen molar-refractivity contribution in [1.29, 1.82) is 0 Å². The van der Waals surface area contributed by atoms with Crippen molar-refractivity contribution in [2.45, 2.75) is 46.0 Å². The summed E-state index contributed by atoms with van der Waals surface area (Å²) in [6.07, 6.45) is 2.69. The highest BCUT2D eigenvalue weighted by molar-refractivity contribution is 5.31. The fourth-order valence-electron chi connectivity index (χ4n) is 2.18. The highest BCUT2D eigenvalue weighted by atomic mass is 16.5. The van der Waals surface area contributed by atoms with Gasteiger partial charge >= 0.3 is 0 Å². The van der Waals surface area contributed by atoms with Gasteiger partial charge in [0.15, 0.2) is 5.82 Å². The first-order valence-corrected chi connectivity index (χ1v) is 7.19. The van der Waals surface area contributed by atoms with E-state index in [-0.39, 0.29) is 5.92 Å². The highest BCUT2D eigenvalue weighted by Crippen LogP contribution is 2.19. The zero-order chi connectivity index (χ0) is 14.5. The van der Waals surface area contributed by atoms with Crippen LogP contribution in [-0.2, 0) is 6.42 Å². The maximum atomic E-state index is 5.52. The van der Waals surface area contributed by atoms with E-state index >= 15 is 0 Å². The van der Waals surface area contributed by atoms with Gasteiger partial charge in [0.1, 0.15) is 0 Å². The van der Waals surface area contributed by atoms with Crippen LogP contribution in [0.1, 0.15) is 54.1 Å². The number of rotatable bonds is 6. The molecule has 0 aliphatic heterocycles. The zero-order valence-electron chi connectivity index (χ0n) is 12.5. The average Bonchev–Trinajstić information content (AvgIpc) is 2.89. The van der Waals surface area contributed by atoms with E-state index in [4.69, 9.17) is 10.3 Å². The molecule has 0 aliphatic rings. The molecule has 0 amide bonds. The van der Waals surface area contributed by atoms with Crippen molar-refractivity contribution in [3.05, 3.63) is 46.6 Å². The number of aryl methyl sites for hydroxylation is 2. The molecular formula is C16H23N3O. The Balaban J connectivity index is 2.03. The smallest absolute Gasteiger partial charge is 0.229 e. The summed E-state index contributed by atoms with van der Waals surface area (Å²) in [6.45, 7) is 7.04. The quantitative estimate of drug-likeness (QED) is 0.878. The van der Waals surface area contributed by atoms with E-state index in [0.717, 1.165) is 24.6 Å². The number of nitrogens with two attached hydrogens (primary N) is 1. The molecule has 0 saturated carbocycles. The minimum Gasteiger partial charge on any atom is -0.339 e. The van der Waals surface area contributed by atoms with Crippen LogP contribution in [0.3, 0.4) is 0 Å². The molecule has 0 radical (unpaired) electrons. The van der Waals surface area contributed by atoms with Crippen molar-refractivity contribution in [3.63, 3.8) is 0 Å². The molecule has 0 fully saturated rings. The van der Waals surface area contributed by atoms with E-state index in [2.05, 4.69) is 49.1 Å². The number of hydrogen-bond donors (Lipinski definition) is 1. The first kappa shape index (κ1) is 14.7. The van der Waals surface area contributed by atoms with Crippen molar-refractivity contribution in [3.8, 4) is 0 Å². The average molecular weight is 273 g/mol. The van der Waals surface area contributed by atoms with Gasteiger partial charge in [-0.05, 0) is 49.9 Å². The largest absolute Gasteiger partial charge is 0.339 e. The monoisotopic (exact) mass is 273 g/mol. The first-order valence-electron chi connectivity index (χ1n) is 7.19. The Morgan fingerprint density at radius 1 is 1.25 bits per heavy atom. The number of benzene rings is 1. The van der Waals surface area contributed by atoms with Crippen LogP contribution in [0, 0.1) is 13.8 Å². The van der Waals surface area contributed by atoms with Gasteiger partial charge in [-0.3, -0.25) is 0 Å². The van der Waals surface area contributed by atoms with Crippen LogP contribution in [-0.4, -0.2) is 16.7 Å². The maximum absolute atomic E-state index is 5.52. The number of aromatic nitrogens is 2. The van der Waals surface area contributed by atoms with Gasteiger partial charge in [-0.25, -0.2) is 0 Å². The predicted molar refractivity (Wildman–Crippen MR) is 79.7 cm³/mol. The summed E-state index contributed by atoms with van der Waals surface area (Å²) in [5, 5.41) is 4.08. The van der Waals surface area contributed by atoms with Crippen LogP contribution < -0.4 is 5.73 Å². The van der Waals surface area contributed by atoms with E-state index in [1.54, 1.807) is 0 Å². The summed E-state index contributed by atoms with van der Waals surface area (Å²) in [7, 11) is 0. The number of nitrogens with zero attached hydrogens (tertiary/aromatic N) is 2. The van der Waals surface area contributed by atoms with Gasteiger partial charge in [0.25, 0.3) is 0 Å². The van der Waals surface area contributed by atoms with Crippen LogP contribution in [0.5, 0.6) is 0 Å². The summed E-state index contributed by atoms with van der Waals surface area (Å²) >= 11 is 0. The standard InChI is InChI=1S/C16H23N3O/c1-11-6-7-14(9-13(11)3)10-15-18-16(20-19-15)12(2)5-4-8-17/h6-7,9,12H,4-5,8,10,17H2,1-3H3. The molecule has 0 bridgehead atoms. The minimum absolute atomic E-state index is 0.277. The van der Waals surface area contributed by atoms with Crippen LogP contribution in [0.15, 0.2) is 22.7 Å². The molecule has 20 heavy (non-hydrogen) atoms. The second-order valence-electron chi connectivity index (χ2n) is 5.48. The Labute approximate surface area is 120 Å². The van der Waals surface area contributed by atoms with E-state index in [9.17, 15) is 0 Å². The minimum atomic E-state index is 0.277. The summed E-state index contributed by atoms with van der Waals surface area (Å²) in [4.78, 5) is 4.49. The lowest BCUT2D eigenvalue weighted by molar-refractivity contribution is 0.349. The summed E-state index contributed by atoms with van der Waals surface area (Å²) in [6, 6.07) is 6.44. The molecule has 1 atom stereocenters. The fourth-order valence-corrected chi connectivity index (χ4v) is 2.18. The lowest BCUT2D eigenvalue weighted by Gasteiger charge is -2.04. The second kappa shape index (κ2) is 6.66. The van der Waals surface area contributed by atoms with E-state index in [1.807, 2.05) is 0 Å². The van der Waals surface area contributed by atoms with Crippen molar-refractivity contribution in [2.24, 2.45) is 5.73 Å². The zero-order valence-corrected chi connectivity index (χ0v) is 12.5. The van der Waals surface area contributed by atoms with Gasteiger partial charge in [-0.2, -0.15) is 4.98 Å². The molecule has 4 nitrogen and oxygen atoms in total. The van der Waals surface area contributed by atoms with Crippen molar-refractivity contribution in [1.82, 2.24) is 10.1 Å². The molecule has 2 aromatic rings. The summed E-state index contributed by atoms with van der Waals surface area (Å²) in [5.74, 6) is 1.75. The third kappa shape index (κ3) is 3.67. The van der Waals surface area contributed by atoms with Crippen molar-refractivity contribution < 1.29 is 4.52 Å². The lowest BCUT2D eigenvalue weighted by Crippen LogP contribution is -2.02. The lowest BCUT2D eigenvalue weighted by atomic mass is 10.0. The van der Waals surface area contributed by atoms with Gasteiger partial charge in [-0.15, -0.1) is 0 Å². The molecule has 1 heterocycles. The van der Waals surface area contributed by atoms with Gasteiger partial charge in [0.2, 0.25) is 5.89 Å². The number of hydrogen-bond acceptors (Lipinski definition) is 4. The first-order chi connectivity index (χ1) is 9.60. The van der Waals surface area contributed by atoms with Crippen LogP contribution in [0.4, 0.5) is 0 Å². The van der Waals surface area contributed by atoms with Crippen molar-refractivity contribution in [2.75, 3.05) is 6.54 Å². The topological polar surface area (TPSA) is 64.9 Å². The summed E-state index contributed by atoms with van der Waals surface area (Å²) in [5.41, 5.74) is 9.34. The molecule has 108 valence electrons. The molecular weight excluding hydrogens is 250 g/mol. The molecule has 1 aromatic heterocycles. The third-order valence-electron chi connectivity index (χ3n) is 3.68. The molecule has 4 heteroatoms. The Morgan fingerprint density at radius 3 is 2.75 bits per heavy atom. The SMILES string of the molecule is Cc1ccc(Cc2noc(C(C)CCCN)n2)cc1C. The molecule has 0 saturated heterocycles. The van der Waals surface area contributed by atoms with Gasteiger partial charge in [0.05, 0.1) is 0 Å². The normalized spacial score (nSPS) is 12.6. The molecule has 2 N–H and O–H groups in total. The van der Waals surface area contributed by atoms with E-state index in [1.165, 1.54) is 16.7 Å². The maximum Gasteiger partial charge on any atom is 0.229 e. The second-order valence-corrected chi connectivity index (χ2v) is 5.48. The van der Waals surface area contributed by atoms with E-state index in [0.29, 0.717) is 13.0 Å². The molecule has 1 unspecified atom stereocenters. The molecule has 2 rings (SSSR count). The Kier molecular flexibility index (Phi) is 4.90. The highest BCUT2D eigenvalue weighted by Gasteiger charge is 2.14. The Bertz CT molecular complexity index is 563. The van der Waals surface area contributed by atoms with Crippen LogP contribution in [0.25, 0.3) is 0 Å². The van der Waals surface area contributed by atoms with E-state index < -0.39 is 0 Å². The fraction of sp³-hybridized carbons (Fsp3) is 0.500. The van der Waals surface area contributed by atoms with Crippen molar-refractivity contribution >= 4 is 0 Å². The van der Waals surface area contributed by atoms with Crippen LogP contribution in [0.2, 0.25) is 0 Å². The predicted octanol–water partition coefficient (Wildman–Crippen LogP) is 3.12.